The molecule has 0 saturated heterocycles. The zero-order valence-corrected chi connectivity index (χ0v) is 15.2. The van der Waals surface area contributed by atoms with Crippen LogP contribution in [0.2, 0.25) is 0 Å². The molecule has 130 valence electrons. The molecule has 1 aliphatic rings. The maximum atomic E-state index is 5.09. The number of hydrazone groups is 1. The van der Waals surface area contributed by atoms with Gasteiger partial charge < -0.3 is 10.1 Å². The first-order valence-corrected chi connectivity index (χ1v) is 8.90. The van der Waals surface area contributed by atoms with Gasteiger partial charge in [-0.2, -0.15) is 10.1 Å². The second kappa shape index (κ2) is 7.05. The summed E-state index contributed by atoms with van der Waals surface area (Å²) in [7, 11) is 1.57. The van der Waals surface area contributed by atoms with Crippen LogP contribution in [-0.2, 0) is 0 Å². The number of para-hydroxylation sites is 1. The Labute approximate surface area is 155 Å². The van der Waals surface area contributed by atoms with Crippen LogP contribution in [0.4, 0.5) is 17.3 Å². The number of hydrogen-bond acceptors (Lipinski definition) is 7. The van der Waals surface area contributed by atoms with Gasteiger partial charge in [0.25, 0.3) is 0 Å². The predicted molar refractivity (Wildman–Crippen MR) is 105 cm³/mol. The number of hydrogen-bond donors (Lipinski definition) is 2. The van der Waals surface area contributed by atoms with Gasteiger partial charge in [0, 0.05) is 22.1 Å². The molecule has 0 fully saturated rings. The maximum absolute atomic E-state index is 5.09. The van der Waals surface area contributed by atoms with E-state index in [1.54, 1.807) is 31.1 Å². The van der Waals surface area contributed by atoms with E-state index in [1.807, 2.05) is 13.0 Å². The Hall–Kier alpha value is -3.06. The van der Waals surface area contributed by atoms with E-state index in [0.29, 0.717) is 11.8 Å². The molecule has 0 radical (unpaired) electrons. The highest BCUT2D eigenvalue weighted by molar-refractivity contribution is 7.99. The fourth-order valence-corrected chi connectivity index (χ4v) is 3.54. The molecule has 1 aromatic heterocycles. The molecule has 0 aliphatic carbocycles. The molecule has 0 saturated carbocycles. The summed E-state index contributed by atoms with van der Waals surface area (Å²) < 4.78 is 5.09. The maximum Gasteiger partial charge on any atom is 0.246 e. The average molecular weight is 363 g/mol. The summed E-state index contributed by atoms with van der Waals surface area (Å²) in [5.41, 5.74) is 6.94. The first-order chi connectivity index (χ1) is 12.7. The van der Waals surface area contributed by atoms with Crippen LogP contribution in [0.3, 0.4) is 0 Å². The molecule has 3 aromatic rings. The quantitative estimate of drug-likeness (QED) is 0.410. The van der Waals surface area contributed by atoms with Gasteiger partial charge in [0.05, 0.1) is 24.2 Å². The number of benzene rings is 2. The lowest BCUT2D eigenvalue weighted by Gasteiger charge is -2.21. The van der Waals surface area contributed by atoms with E-state index < -0.39 is 0 Å². The largest absolute Gasteiger partial charge is 0.481 e. The predicted octanol–water partition coefficient (Wildman–Crippen LogP) is 4.53. The summed E-state index contributed by atoms with van der Waals surface area (Å²) in [4.78, 5) is 10.7. The average Bonchev–Trinajstić information content (AvgIpc) is 2.70. The Morgan fingerprint density at radius 3 is 2.85 bits per heavy atom. The second-order valence-electron chi connectivity index (χ2n) is 5.67. The molecule has 26 heavy (non-hydrogen) atoms. The van der Waals surface area contributed by atoms with E-state index in [2.05, 4.69) is 62.2 Å². The van der Waals surface area contributed by atoms with Crippen molar-refractivity contribution in [3.05, 3.63) is 60.3 Å². The van der Waals surface area contributed by atoms with Crippen molar-refractivity contribution in [3.63, 3.8) is 0 Å². The van der Waals surface area contributed by atoms with E-state index >= 15 is 0 Å². The Kier molecular flexibility index (Phi) is 4.45. The minimum atomic E-state index is 0.393. The monoisotopic (exact) mass is 363 g/mol. The number of aromatic nitrogens is 2. The normalized spacial score (nSPS) is 12.6. The van der Waals surface area contributed by atoms with Crippen molar-refractivity contribution in [2.24, 2.45) is 5.10 Å². The zero-order valence-electron chi connectivity index (χ0n) is 14.4. The van der Waals surface area contributed by atoms with Crippen molar-refractivity contribution < 1.29 is 4.74 Å². The van der Waals surface area contributed by atoms with Gasteiger partial charge in [0.2, 0.25) is 11.8 Å². The second-order valence-corrected chi connectivity index (χ2v) is 6.75. The van der Waals surface area contributed by atoms with E-state index in [4.69, 9.17) is 4.74 Å². The highest BCUT2D eigenvalue weighted by Crippen LogP contribution is 2.44. The lowest BCUT2D eigenvalue weighted by atomic mass is 10.1. The zero-order chi connectivity index (χ0) is 17.9. The van der Waals surface area contributed by atoms with Gasteiger partial charge in [0.1, 0.15) is 0 Å². The van der Waals surface area contributed by atoms with Crippen LogP contribution in [0.25, 0.3) is 0 Å². The van der Waals surface area contributed by atoms with Gasteiger partial charge in [-0.15, -0.1) is 0 Å². The summed E-state index contributed by atoms with van der Waals surface area (Å²) in [6.07, 6.45) is 1.62. The van der Waals surface area contributed by atoms with Crippen molar-refractivity contribution in [2.75, 3.05) is 17.9 Å². The molecule has 0 spiro atoms. The van der Waals surface area contributed by atoms with E-state index in [0.717, 1.165) is 22.6 Å². The Bertz CT molecular complexity index is 989. The van der Waals surface area contributed by atoms with Gasteiger partial charge in [0.15, 0.2) is 0 Å². The van der Waals surface area contributed by atoms with Crippen molar-refractivity contribution in [3.8, 4) is 5.88 Å². The number of anilines is 3. The third kappa shape index (κ3) is 3.34. The number of nitrogens with zero attached hydrogens (tertiary/aromatic N) is 3. The molecule has 6 nitrogen and oxygen atoms in total. The SMILES string of the molecule is COc1ccnc(N/N=C(\C)c2ccc3c(c2)Nc2ccccc2S3)n1. The standard InChI is InChI=1S/C19H17N5OS/c1-12(23-24-19-20-10-9-18(22-19)25-2)13-7-8-17-15(11-13)21-14-5-3-4-6-16(14)26-17/h3-11,21H,1-2H3,(H,20,22,24)/b23-12+. The van der Waals surface area contributed by atoms with Crippen molar-refractivity contribution >= 4 is 34.8 Å². The molecule has 0 amide bonds. The molecule has 0 bridgehead atoms. The lowest BCUT2D eigenvalue weighted by Crippen LogP contribution is -2.05. The molecule has 0 unspecified atom stereocenters. The van der Waals surface area contributed by atoms with Crippen LogP contribution in [0.1, 0.15) is 12.5 Å². The summed E-state index contributed by atoms with van der Waals surface area (Å²) in [5.74, 6) is 0.883. The van der Waals surface area contributed by atoms with Gasteiger partial charge in [-0.25, -0.2) is 10.4 Å². The summed E-state index contributed by atoms with van der Waals surface area (Å²) in [6, 6.07) is 16.3. The molecular weight excluding hydrogens is 346 g/mol. The number of fused-ring (bicyclic) bond motifs is 2. The minimum absolute atomic E-state index is 0.393. The fraction of sp³-hybridized carbons (Fsp3) is 0.105. The number of rotatable bonds is 4. The number of methoxy groups -OCH3 is 1. The molecule has 2 N–H and O–H groups in total. The van der Waals surface area contributed by atoms with Gasteiger partial charge in [-0.05, 0) is 36.8 Å². The third-order valence-corrected chi connectivity index (χ3v) is 5.09. The number of nitrogens with one attached hydrogen (secondary N) is 2. The molecule has 4 rings (SSSR count). The molecular formula is C19H17N5OS. The van der Waals surface area contributed by atoms with E-state index in [1.165, 1.54) is 9.79 Å². The first kappa shape index (κ1) is 16.4. The summed E-state index contributed by atoms with van der Waals surface area (Å²) in [5, 5.41) is 7.87. The van der Waals surface area contributed by atoms with Gasteiger partial charge in [-0.1, -0.05) is 30.0 Å². The smallest absolute Gasteiger partial charge is 0.246 e. The minimum Gasteiger partial charge on any atom is -0.481 e. The molecule has 2 heterocycles. The molecule has 1 aliphatic heterocycles. The summed E-state index contributed by atoms with van der Waals surface area (Å²) >= 11 is 1.77. The topological polar surface area (TPSA) is 71.4 Å². The molecule has 7 heteroatoms. The van der Waals surface area contributed by atoms with Gasteiger partial charge in [-0.3, -0.25) is 0 Å². The summed E-state index contributed by atoms with van der Waals surface area (Å²) in [6.45, 7) is 1.94. The first-order valence-electron chi connectivity index (χ1n) is 8.08. The third-order valence-electron chi connectivity index (χ3n) is 3.94. The Morgan fingerprint density at radius 1 is 1.12 bits per heavy atom. The van der Waals surface area contributed by atoms with Gasteiger partial charge >= 0.3 is 0 Å². The Morgan fingerprint density at radius 2 is 1.96 bits per heavy atom. The van der Waals surface area contributed by atoms with Crippen LogP contribution >= 0.6 is 11.8 Å². The number of ether oxygens (including phenoxy) is 1. The highest BCUT2D eigenvalue weighted by atomic mass is 32.2. The van der Waals surface area contributed by atoms with Crippen molar-refractivity contribution in [1.29, 1.82) is 0 Å². The van der Waals surface area contributed by atoms with Crippen LogP contribution < -0.4 is 15.5 Å². The van der Waals surface area contributed by atoms with Crippen LogP contribution in [0.15, 0.2) is 69.6 Å². The van der Waals surface area contributed by atoms with Crippen molar-refractivity contribution in [1.82, 2.24) is 9.97 Å². The van der Waals surface area contributed by atoms with Crippen LogP contribution in [0.5, 0.6) is 5.88 Å². The van der Waals surface area contributed by atoms with E-state index in [9.17, 15) is 0 Å². The van der Waals surface area contributed by atoms with Crippen molar-refractivity contribution in [2.45, 2.75) is 16.7 Å². The molecule has 2 aromatic carbocycles. The van der Waals surface area contributed by atoms with E-state index in [-0.39, 0.29) is 0 Å². The molecule has 0 atom stereocenters. The fourth-order valence-electron chi connectivity index (χ4n) is 2.57. The highest BCUT2D eigenvalue weighted by Gasteiger charge is 2.15. The lowest BCUT2D eigenvalue weighted by molar-refractivity contribution is 0.397. The van der Waals surface area contributed by atoms with Crippen LogP contribution in [0, 0.1) is 0 Å². The Balaban J connectivity index is 1.55. The van der Waals surface area contributed by atoms with Crippen LogP contribution in [-0.4, -0.2) is 22.8 Å².